The summed E-state index contributed by atoms with van der Waals surface area (Å²) in [6, 6.07) is 3.89. The fourth-order valence-corrected chi connectivity index (χ4v) is 1.17. The molecule has 2 rings (SSSR count). The highest BCUT2D eigenvalue weighted by atomic mass is 15.3. The van der Waals surface area contributed by atoms with Gasteiger partial charge in [0.15, 0.2) is 5.65 Å². The van der Waals surface area contributed by atoms with Crippen LogP contribution >= 0.6 is 0 Å². The second-order valence-corrected chi connectivity index (χ2v) is 3.05. The van der Waals surface area contributed by atoms with Gasteiger partial charge in [-0.1, -0.05) is 0 Å². The molecule has 0 radical (unpaired) electrons. The lowest BCUT2D eigenvalue weighted by molar-refractivity contribution is 0.963. The number of hydrogen-bond donors (Lipinski definition) is 1. The highest BCUT2D eigenvalue weighted by molar-refractivity contribution is 5.55. The summed E-state index contributed by atoms with van der Waals surface area (Å²) in [6.07, 6.45) is 1.84. The largest absolute Gasteiger partial charge is 0.378 e. The van der Waals surface area contributed by atoms with Gasteiger partial charge < -0.3 is 10.6 Å². The van der Waals surface area contributed by atoms with Gasteiger partial charge in [0.05, 0.1) is 0 Å². The van der Waals surface area contributed by atoms with Crippen LogP contribution in [-0.2, 0) is 0 Å². The molecular weight excluding hydrogens is 166 g/mol. The van der Waals surface area contributed by atoms with Gasteiger partial charge in [0.2, 0.25) is 5.95 Å². The van der Waals surface area contributed by atoms with E-state index in [4.69, 9.17) is 5.73 Å². The smallest absolute Gasteiger partial charge is 0.240 e. The number of aromatic nitrogens is 3. The minimum absolute atomic E-state index is 0.302. The molecule has 0 aliphatic rings. The van der Waals surface area contributed by atoms with E-state index in [1.807, 2.05) is 37.3 Å². The third-order valence-corrected chi connectivity index (χ3v) is 1.85. The van der Waals surface area contributed by atoms with Gasteiger partial charge in [-0.15, -0.1) is 5.10 Å². The SMILES string of the molecule is CN(C)c1ccn2nc(N)nc2c1. The molecule has 0 aromatic carbocycles. The van der Waals surface area contributed by atoms with Crippen molar-refractivity contribution in [2.24, 2.45) is 0 Å². The molecule has 2 N–H and O–H groups in total. The van der Waals surface area contributed by atoms with Gasteiger partial charge in [0.1, 0.15) is 0 Å². The summed E-state index contributed by atoms with van der Waals surface area (Å²) < 4.78 is 1.66. The number of fused-ring (bicyclic) bond motifs is 1. The van der Waals surface area contributed by atoms with Gasteiger partial charge in [0.25, 0.3) is 0 Å². The predicted molar refractivity (Wildman–Crippen MR) is 51.7 cm³/mol. The molecule has 0 fully saturated rings. The highest BCUT2D eigenvalue weighted by Gasteiger charge is 2.01. The first kappa shape index (κ1) is 7.85. The van der Waals surface area contributed by atoms with E-state index in [9.17, 15) is 0 Å². The number of anilines is 2. The van der Waals surface area contributed by atoms with Crippen molar-refractivity contribution < 1.29 is 0 Å². The van der Waals surface area contributed by atoms with Gasteiger partial charge in [0, 0.05) is 32.0 Å². The molecule has 0 aliphatic carbocycles. The lowest BCUT2D eigenvalue weighted by atomic mass is 10.4. The standard InChI is InChI=1S/C8H11N5/c1-12(2)6-3-4-13-7(5-6)10-8(9)11-13/h3-5H,1-2H3,(H2,9,11). The first-order valence-corrected chi connectivity index (χ1v) is 3.96. The molecule has 0 unspecified atom stereocenters. The molecule has 0 atom stereocenters. The number of pyridine rings is 1. The van der Waals surface area contributed by atoms with E-state index in [1.54, 1.807) is 4.52 Å². The van der Waals surface area contributed by atoms with Crippen molar-refractivity contribution in [1.29, 1.82) is 0 Å². The molecule has 5 nitrogen and oxygen atoms in total. The van der Waals surface area contributed by atoms with Crippen molar-refractivity contribution >= 4 is 17.3 Å². The maximum Gasteiger partial charge on any atom is 0.240 e. The Hall–Kier alpha value is -1.78. The summed E-state index contributed by atoms with van der Waals surface area (Å²) >= 11 is 0. The predicted octanol–water partition coefficient (Wildman–Crippen LogP) is 0.377. The summed E-state index contributed by atoms with van der Waals surface area (Å²) in [5.74, 6) is 0.302. The summed E-state index contributed by atoms with van der Waals surface area (Å²) in [5.41, 5.74) is 7.31. The summed E-state index contributed by atoms with van der Waals surface area (Å²) in [5, 5.41) is 3.98. The Morgan fingerprint density at radius 1 is 1.46 bits per heavy atom. The zero-order valence-electron chi connectivity index (χ0n) is 7.60. The molecule has 0 bridgehead atoms. The molecule has 2 aromatic heterocycles. The van der Waals surface area contributed by atoms with Gasteiger partial charge in [-0.05, 0) is 6.07 Å². The molecule has 2 heterocycles. The van der Waals surface area contributed by atoms with Crippen LogP contribution in [0, 0.1) is 0 Å². The van der Waals surface area contributed by atoms with Crippen LogP contribution < -0.4 is 10.6 Å². The number of rotatable bonds is 1. The van der Waals surface area contributed by atoms with Crippen LogP contribution in [0.4, 0.5) is 11.6 Å². The van der Waals surface area contributed by atoms with Crippen LogP contribution in [0.2, 0.25) is 0 Å². The molecule has 0 amide bonds. The van der Waals surface area contributed by atoms with Gasteiger partial charge in [-0.2, -0.15) is 4.98 Å². The topological polar surface area (TPSA) is 59.5 Å². The number of nitrogens with zero attached hydrogens (tertiary/aromatic N) is 4. The molecule has 0 spiro atoms. The van der Waals surface area contributed by atoms with E-state index in [1.165, 1.54) is 0 Å². The molecule has 2 aromatic rings. The minimum Gasteiger partial charge on any atom is -0.378 e. The zero-order valence-corrected chi connectivity index (χ0v) is 7.60. The Labute approximate surface area is 75.8 Å². The van der Waals surface area contributed by atoms with Crippen LogP contribution in [0.25, 0.3) is 5.65 Å². The Morgan fingerprint density at radius 2 is 2.23 bits per heavy atom. The third kappa shape index (κ3) is 1.28. The van der Waals surface area contributed by atoms with Gasteiger partial charge >= 0.3 is 0 Å². The van der Waals surface area contributed by atoms with E-state index in [0.717, 1.165) is 11.3 Å². The van der Waals surface area contributed by atoms with Crippen molar-refractivity contribution in [2.75, 3.05) is 24.7 Å². The Kier molecular flexibility index (Phi) is 1.58. The Morgan fingerprint density at radius 3 is 2.92 bits per heavy atom. The van der Waals surface area contributed by atoms with Crippen LogP contribution in [0.3, 0.4) is 0 Å². The molecule has 5 heteroatoms. The maximum atomic E-state index is 5.46. The van der Waals surface area contributed by atoms with E-state index >= 15 is 0 Å². The molecule has 13 heavy (non-hydrogen) atoms. The summed E-state index contributed by atoms with van der Waals surface area (Å²) in [6.45, 7) is 0. The quantitative estimate of drug-likeness (QED) is 0.684. The van der Waals surface area contributed by atoms with Crippen molar-refractivity contribution in [3.63, 3.8) is 0 Å². The minimum atomic E-state index is 0.302. The zero-order chi connectivity index (χ0) is 9.42. The van der Waals surface area contributed by atoms with Crippen LogP contribution in [0.1, 0.15) is 0 Å². The fourth-order valence-electron chi connectivity index (χ4n) is 1.17. The first-order valence-electron chi connectivity index (χ1n) is 3.96. The molecule has 0 saturated heterocycles. The first-order chi connectivity index (χ1) is 6.16. The highest BCUT2D eigenvalue weighted by Crippen LogP contribution is 2.13. The van der Waals surface area contributed by atoms with E-state index in [2.05, 4.69) is 10.1 Å². The number of nitrogens with two attached hydrogens (primary N) is 1. The Balaban J connectivity index is 2.61. The van der Waals surface area contributed by atoms with Crippen LogP contribution in [-0.4, -0.2) is 28.7 Å². The van der Waals surface area contributed by atoms with E-state index in [-0.39, 0.29) is 0 Å². The van der Waals surface area contributed by atoms with Gasteiger partial charge in [-0.3, -0.25) is 0 Å². The third-order valence-electron chi connectivity index (χ3n) is 1.85. The average Bonchev–Trinajstić information content (AvgIpc) is 2.42. The Bertz CT molecular complexity index is 431. The van der Waals surface area contributed by atoms with Crippen molar-refractivity contribution in [3.8, 4) is 0 Å². The average molecular weight is 177 g/mol. The summed E-state index contributed by atoms with van der Waals surface area (Å²) in [7, 11) is 3.96. The second kappa shape index (κ2) is 2.62. The van der Waals surface area contributed by atoms with E-state index < -0.39 is 0 Å². The van der Waals surface area contributed by atoms with Gasteiger partial charge in [-0.25, -0.2) is 4.52 Å². The molecule has 0 aliphatic heterocycles. The van der Waals surface area contributed by atoms with Crippen molar-refractivity contribution in [2.45, 2.75) is 0 Å². The molecule has 68 valence electrons. The van der Waals surface area contributed by atoms with Crippen LogP contribution in [0.15, 0.2) is 18.3 Å². The normalized spacial score (nSPS) is 10.6. The summed E-state index contributed by atoms with van der Waals surface area (Å²) in [4.78, 5) is 6.06. The lowest BCUT2D eigenvalue weighted by Gasteiger charge is -2.11. The second-order valence-electron chi connectivity index (χ2n) is 3.05. The van der Waals surface area contributed by atoms with Crippen molar-refractivity contribution in [1.82, 2.24) is 14.6 Å². The monoisotopic (exact) mass is 177 g/mol. The maximum absolute atomic E-state index is 5.46. The number of hydrogen-bond acceptors (Lipinski definition) is 4. The van der Waals surface area contributed by atoms with Crippen LogP contribution in [0.5, 0.6) is 0 Å². The van der Waals surface area contributed by atoms with Crippen molar-refractivity contribution in [3.05, 3.63) is 18.3 Å². The lowest BCUT2D eigenvalue weighted by Crippen LogP contribution is -2.08. The van der Waals surface area contributed by atoms with E-state index in [0.29, 0.717) is 5.95 Å². The number of nitrogen functional groups attached to an aromatic ring is 1. The molecular formula is C8H11N5. The molecule has 0 saturated carbocycles. The fraction of sp³-hybridized carbons (Fsp3) is 0.250.